The molecule has 5 N–H and O–H groups in total. The van der Waals surface area contributed by atoms with Crippen LogP contribution in [-0.2, 0) is 20.2 Å². The Morgan fingerprint density at radius 1 is 0.933 bits per heavy atom. The fourth-order valence-electron chi connectivity index (χ4n) is 2.68. The van der Waals surface area contributed by atoms with Gasteiger partial charge in [-0.25, -0.2) is 0 Å². The maximum absolute atomic E-state index is 11.5. The number of nitrogen functional groups attached to an aromatic ring is 1. The number of phenolic OH excluding ortho intramolecular Hbond substituents is 1. The van der Waals surface area contributed by atoms with Gasteiger partial charge in [0, 0.05) is 11.5 Å². The Balaban J connectivity index is 2.18. The summed E-state index contributed by atoms with van der Waals surface area (Å²) in [6, 6.07) is 8.37. The molecule has 0 aromatic heterocycles. The zero-order valence-electron chi connectivity index (χ0n) is 15.2. The predicted octanol–water partition coefficient (Wildman–Crippen LogP) is 3.05. The van der Waals surface area contributed by atoms with Crippen molar-refractivity contribution in [1.82, 2.24) is 0 Å². The number of hydrogen-bond donors (Lipinski definition) is 4. The minimum absolute atomic E-state index is 0.0528. The van der Waals surface area contributed by atoms with Gasteiger partial charge in [-0.2, -0.15) is 16.8 Å². The molecule has 0 atom stereocenters. The molecule has 0 heterocycles. The lowest BCUT2D eigenvalue weighted by molar-refractivity contribution is 0.415. The minimum atomic E-state index is -4.64. The van der Waals surface area contributed by atoms with Crippen LogP contribution in [0.3, 0.4) is 0 Å². The molecule has 3 aromatic rings. The lowest BCUT2D eigenvalue weighted by Gasteiger charge is -2.09. The van der Waals surface area contributed by atoms with E-state index in [-0.39, 0.29) is 33.5 Å². The molecular weight excluding hydrogens is 438 g/mol. The van der Waals surface area contributed by atoms with Crippen LogP contribution in [-0.4, -0.2) is 38.2 Å². The first-order chi connectivity index (χ1) is 13.9. The van der Waals surface area contributed by atoms with Gasteiger partial charge in [0.05, 0.1) is 17.7 Å². The van der Waals surface area contributed by atoms with Crippen molar-refractivity contribution in [3.8, 4) is 11.5 Å². The van der Waals surface area contributed by atoms with E-state index in [1.807, 2.05) is 0 Å². The van der Waals surface area contributed by atoms with Gasteiger partial charge in [-0.15, -0.1) is 10.2 Å². The fraction of sp³-hybridized carbons (Fsp3) is 0.0588. The van der Waals surface area contributed by atoms with Crippen molar-refractivity contribution < 1.29 is 35.8 Å². The van der Waals surface area contributed by atoms with Crippen LogP contribution < -0.4 is 10.5 Å². The number of rotatable bonds is 5. The first-order valence-electron chi connectivity index (χ1n) is 8.02. The lowest BCUT2D eigenvalue weighted by atomic mass is 10.1. The summed E-state index contributed by atoms with van der Waals surface area (Å²) in [7, 11) is -7.78. The van der Waals surface area contributed by atoms with E-state index in [2.05, 4.69) is 10.2 Å². The molecule has 0 radical (unpaired) electrons. The average Bonchev–Trinajstić information content (AvgIpc) is 2.65. The number of nitrogens with zero attached hydrogens (tertiary/aromatic N) is 2. The summed E-state index contributed by atoms with van der Waals surface area (Å²) in [5, 5.41) is 18.6. The third-order valence-corrected chi connectivity index (χ3v) is 5.85. The number of azo groups is 1. The van der Waals surface area contributed by atoms with Crippen molar-refractivity contribution in [2.75, 3.05) is 12.8 Å². The molecule has 3 rings (SSSR count). The Bertz CT molecular complexity index is 1400. The van der Waals surface area contributed by atoms with Gasteiger partial charge in [0.1, 0.15) is 27.8 Å². The van der Waals surface area contributed by atoms with Crippen molar-refractivity contribution in [1.29, 1.82) is 0 Å². The van der Waals surface area contributed by atoms with Crippen LogP contribution in [0.5, 0.6) is 11.5 Å². The van der Waals surface area contributed by atoms with E-state index in [0.717, 1.165) is 18.2 Å². The highest BCUT2D eigenvalue weighted by Crippen LogP contribution is 2.39. The zero-order chi connectivity index (χ0) is 22.3. The number of aromatic hydroxyl groups is 1. The quantitative estimate of drug-likeness (QED) is 0.255. The van der Waals surface area contributed by atoms with Gasteiger partial charge in [-0.1, -0.05) is 12.1 Å². The third-order valence-electron chi connectivity index (χ3n) is 4.09. The van der Waals surface area contributed by atoms with Crippen molar-refractivity contribution in [3.63, 3.8) is 0 Å². The zero-order valence-corrected chi connectivity index (χ0v) is 16.8. The lowest BCUT2D eigenvalue weighted by Crippen LogP contribution is -2.03. The van der Waals surface area contributed by atoms with Gasteiger partial charge < -0.3 is 15.6 Å². The van der Waals surface area contributed by atoms with Gasteiger partial charge in [-0.3, -0.25) is 9.11 Å². The topological polar surface area (TPSA) is 189 Å². The average molecular weight is 453 g/mol. The molecule has 0 fully saturated rings. The molecule has 0 amide bonds. The summed E-state index contributed by atoms with van der Waals surface area (Å²) in [6.45, 7) is 0. The molecule has 3 aromatic carbocycles. The predicted molar refractivity (Wildman–Crippen MR) is 107 cm³/mol. The van der Waals surface area contributed by atoms with Gasteiger partial charge in [0.25, 0.3) is 20.2 Å². The smallest absolute Gasteiger partial charge is 0.296 e. The third kappa shape index (κ3) is 4.18. The van der Waals surface area contributed by atoms with Gasteiger partial charge in [0.15, 0.2) is 0 Å². The molecule has 0 spiro atoms. The van der Waals surface area contributed by atoms with Crippen LogP contribution in [0.25, 0.3) is 10.8 Å². The van der Waals surface area contributed by atoms with Crippen LogP contribution in [0.4, 0.5) is 17.1 Å². The van der Waals surface area contributed by atoms with E-state index in [9.17, 15) is 31.0 Å². The molecule has 30 heavy (non-hydrogen) atoms. The molecule has 0 bridgehead atoms. The molecule has 0 aliphatic rings. The highest BCUT2D eigenvalue weighted by atomic mass is 32.2. The number of methoxy groups -OCH3 is 1. The van der Waals surface area contributed by atoms with Crippen LogP contribution in [0.15, 0.2) is 62.5 Å². The van der Waals surface area contributed by atoms with E-state index < -0.39 is 25.1 Å². The fourth-order valence-corrected chi connectivity index (χ4v) is 3.81. The molecule has 13 heteroatoms. The summed E-state index contributed by atoms with van der Waals surface area (Å²) < 4.78 is 69.1. The number of anilines is 1. The second-order valence-electron chi connectivity index (χ2n) is 6.03. The molecule has 0 aliphatic carbocycles. The minimum Gasteiger partial charge on any atom is -0.506 e. The summed E-state index contributed by atoms with van der Waals surface area (Å²) >= 11 is 0. The number of benzene rings is 3. The molecule has 0 aliphatic heterocycles. The first-order valence-corrected chi connectivity index (χ1v) is 10.9. The van der Waals surface area contributed by atoms with Gasteiger partial charge in [0.2, 0.25) is 0 Å². The standard InChI is InChI=1S/C17H15N3O8S2/c1-28-15-7-12(18)16(30(25,26)27)8-13(15)19-20-17-11-4-3-10(29(22,23)24)6-9(11)2-5-14(17)21/h2-8,21H,18H2,1H3,(H,22,23,24)(H,25,26,27). The Labute approximate surface area is 170 Å². The normalized spacial score (nSPS) is 12.5. The van der Waals surface area contributed by atoms with E-state index in [4.69, 9.17) is 10.5 Å². The molecule has 0 saturated heterocycles. The molecular formula is C17H15N3O8S2. The van der Waals surface area contributed by atoms with E-state index in [1.54, 1.807) is 0 Å². The number of nitrogens with two attached hydrogens (primary N) is 1. The molecule has 158 valence electrons. The molecule has 11 nitrogen and oxygen atoms in total. The molecule has 0 unspecified atom stereocenters. The Morgan fingerprint density at radius 3 is 2.23 bits per heavy atom. The highest BCUT2D eigenvalue weighted by Gasteiger charge is 2.18. The summed E-state index contributed by atoms with van der Waals surface area (Å²) in [6.07, 6.45) is 0. The van der Waals surface area contributed by atoms with Gasteiger partial charge >= 0.3 is 0 Å². The van der Waals surface area contributed by atoms with E-state index in [1.165, 1.54) is 31.4 Å². The number of fused-ring (bicyclic) bond motifs is 1. The Kier molecular flexibility index (Phi) is 5.38. The van der Waals surface area contributed by atoms with Crippen molar-refractivity contribution >= 4 is 48.1 Å². The van der Waals surface area contributed by atoms with E-state index >= 15 is 0 Å². The van der Waals surface area contributed by atoms with Crippen LogP contribution in [0, 0.1) is 0 Å². The van der Waals surface area contributed by atoms with Crippen LogP contribution in [0.1, 0.15) is 0 Å². The number of phenols is 1. The van der Waals surface area contributed by atoms with Gasteiger partial charge in [-0.05, 0) is 29.7 Å². The molecule has 0 saturated carbocycles. The first kappa shape index (κ1) is 21.4. The maximum Gasteiger partial charge on any atom is 0.296 e. The number of ether oxygens (including phenoxy) is 1. The monoisotopic (exact) mass is 453 g/mol. The maximum atomic E-state index is 11.5. The van der Waals surface area contributed by atoms with Crippen molar-refractivity contribution in [2.24, 2.45) is 10.2 Å². The van der Waals surface area contributed by atoms with Crippen LogP contribution in [0.2, 0.25) is 0 Å². The van der Waals surface area contributed by atoms with Crippen molar-refractivity contribution in [2.45, 2.75) is 9.79 Å². The second-order valence-corrected chi connectivity index (χ2v) is 8.84. The Hall–Kier alpha value is -3.26. The number of hydrogen-bond acceptors (Lipinski definition) is 9. The van der Waals surface area contributed by atoms with Crippen molar-refractivity contribution in [3.05, 3.63) is 42.5 Å². The second kappa shape index (κ2) is 7.53. The van der Waals surface area contributed by atoms with E-state index in [0.29, 0.717) is 10.8 Å². The largest absolute Gasteiger partial charge is 0.506 e. The summed E-state index contributed by atoms with van der Waals surface area (Å²) in [5.74, 6) is -0.243. The Morgan fingerprint density at radius 2 is 1.63 bits per heavy atom. The summed E-state index contributed by atoms with van der Waals surface area (Å²) in [4.78, 5) is -0.946. The SMILES string of the molecule is COc1cc(N)c(S(=O)(=O)O)cc1N=Nc1c(O)ccc2cc(S(=O)(=O)O)ccc12. The summed E-state index contributed by atoms with van der Waals surface area (Å²) in [5.41, 5.74) is 5.18. The van der Waals surface area contributed by atoms with Crippen LogP contribution >= 0.6 is 0 Å². The highest BCUT2D eigenvalue weighted by molar-refractivity contribution is 7.86.